The topological polar surface area (TPSA) is 59.0 Å². The average Bonchev–Trinajstić information content (AvgIpc) is 2.85. The zero-order valence-corrected chi connectivity index (χ0v) is 16.3. The predicted octanol–water partition coefficient (Wildman–Crippen LogP) is 4.55. The van der Waals surface area contributed by atoms with Gasteiger partial charge in [-0.2, -0.15) is 8.42 Å². The third-order valence-electron chi connectivity index (χ3n) is 5.07. The standard InChI is InChI=1S/C23H18N2O3S/c26-29(27)22-13-6-15-25(23(22)24-20-11-3-4-12-21(20)28-29)16-14-18-9-5-8-17-7-1-2-10-19(17)18/h1-13,15H,14,16H2. The van der Waals surface area contributed by atoms with Crippen LogP contribution in [0.4, 0.5) is 5.69 Å². The first-order valence-electron chi connectivity index (χ1n) is 9.36. The van der Waals surface area contributed by atoms with E-state index < -0.39 is 10.1 Å². The molecule has 0 N–H and O–H groups in total. The first-order chi connectivity index (χ1) is 14.1. The number of hydrogen-bond acceptors (Lipinski definition) is 5. The number of benzene rings is 3. The number of allylic oxidation sites excluding steroid dienone is 2. The van der Waals surface area contributed by atoms with Crippen LogP contribution in [0.15, 0.2) is 95.0 Å². The van der Waals surface area contributed by atoms with Gasteiger partial charge in [-0.3, -0.25) is 0 Å². The fraction of sp³-hybridized carbons (Fsp3) is 0.0870. The summed E-state index contributed by atoms with van der Waals surface area (Å²) in [6.45, 7) is 0.596. The molecule has 29 heavy (non-hydrogen) atoms. The molecular formula is C23H18N2O3S. The Hall–Kier alpha value is -3.38. The summed E-state index contributed by atoms with van der Waals surface area (Å²) in [6.07, 6.45) is 5.86. The summed E-state index contributed by atoms with van der Waals surface area (Å²) < 4.78 is 30.8. The summed E-state index contributed by atoms with van der Waals surface area (Å²) in [5, 5.41) is 2.40. The van der Waals surface area contributed by atoms with Crippen molar-refractivity contribution in [2.75, 3.05) is 6.54 Å². The summed E-state index contributed by atoms with van der Waals surface area (Å²) in [6, 6.07) is 21.4. The van der Waals surface area contributed by atoms with Crippen molar-refractivity contribution in [2.45, 2.75) is 6.42 Å². The van der Waals surface area contributed by atoms with Crippen LogP contribution >= 0.6 is 0 Å². The zero-order chi connectivity index (χ0) is 19.8. The molecule has 2 aliphatic heterocycles. The van der Waals surface area contributed by atoms with Gasteiger partial charge in [-0.1, -0.05) is 54.6 Å². The number of nitrogens with zero attached hydrogens (tertiary/aromatic N) is 2. The van der Waals surface area contributed by atoms with E-state index in [1.54, 1.807) is 24.3 Å². The SMILES string of the molecule is O=S1(=O)Oc2ccccc2N=C2C1=CC=CN2CCc1cccc2ccccc12. The van der Waals surface area contributed by atoms with Gasteiger partial charge in [0.15, 0.2) is 11.6 Å². The maximum absolute atomic E-state index is 12.8. The van der Waals surface area contributed by atoms with Crippen molar-refractivity contribution in [3.05, 3.63) is 95.6 Å². The number of fused-ring (bicyclic) bond motifs is 3. The predicted molar refractivity (Wildman–Crippen MR) is 115 cm³/mol. The van der Waals surface area contributed by atoms with Gasteiger partial charge in [0.2, 0.25) is 0 Å². The molecule has 6 heteroatoms. The molecule has 3 aromatic carbocycles. The molecule has 0 saturated heterocycles. The fourth-order valence-electron chi connectivity index (χ4n) is 3.66. The van der Waals surface area contributed by atoms with Crippen LogP contribution in [0.1, 0.15) is 5.56 Å². The van der Waals surface area contributed by atoms with Crippen LogP contribution in [0, 0.1) is 0 Å². The second-order valence-electron chi connectivity index (χ2n) is 6.89. The minimum atomic E-state index is -3.95. The zero-order valence-electron chi connectivity index (χ0n) is 15.5. The number of aliphatic imine (C=N–C) groups is 1. The summed E-state index contributed by atoms with van der Waals surface area (Å²) in [7, 11) is -3.95. The van der Waals surface area contributed by atoms with Gasteiger partial charge in [0.05, 0.1) is 0 Å². The third kappa shape index (κ3) is 3.21. The molecule has 144 valence electrons. The lowest BCUT2D eigenvalue weighted by Gasteiger charge is -2.25. The number of amidine groups is 1. The number of hydrogen-bond donors (Lipinski definition) is 0. The van der Waals surface area contributed by atoms with Crippen LogP contribution in [0.2, 0.25) is 0 Å². The Balaban J connectivity index is 1.51. The first kappa shape index (κ1) is 17.7. The largest absolute Gasteiger partial charge is 0.377 e. The van der Waals surface area contributed by atoms with Crippen molar-refractivity contribution in [1.29, 1.82) is 0 Å². The maximum atomic E-state index is 12.8. The van der Waals surface area contributed by atoms with Crippen molar-refractivity contribution in [2.24, 2.45) is 4.99 Å². The van der Waals surface area contributed by atoms with Crippen LogP contribution in [0.5, 0.6) is 5.75 Å². The molecule has 3 aromatic rings. The highest BCUT2D eigenvalue weighted by Crippen LogP contribution is 2.35. The Morgan fingerprint density at radius 3 is 2.66 bits per heavy atom. The maximum Gasteiger partial charge on any atom is 0.343 e. The van der Waals surface area contributed by atoms with Crippen LogP contribution in [-0.2, 0) is 16.5 Å². The molecule has 0 spiro atoms. The second kappa shape index (κ2) is 6.90. The number of rotatable bonds is 3. The van der Waals surface area contributed by atoms with Gasteiger partial charge in [-0.25, -0.2) is 4.99 Å². The van der Waals surface area contributed by atoms with E-state index in [2.05, 4.69) is 29.3 Å². The van der Waals surface area contributed by atoms with Gasteiger partial charge in [0.25, 0.3) is 0 Å². The van der Waals surface area contributed by atoms with E-state index in [1.165, 1.54) is 22.4 Å². The third-order valence-corrected chi connectivity index (χ3v) is 6.32. The molecule has 0 bridgehead atoms. The smallest absolute Gasteiger partial charge is 0.343 e. The van der Waals surface area contributed by atoms with Crippen LogP contribution in [-0.4, -0.2) is 25.7 Å². The van der Waals surface area contributed by atoms with E-state index in [-0.39, 0.29) is 10.7 Å². The Kier molecular flexibility index (Phi) is 4.21. The second-order valence-corrected chi connectivity index (χ2v) is 8.41. The lowest BCUT2D eigenvalue weighted by molar-refractivity contribution is 0.495. The highest BCUT2D eigenvalue weighted by atomic mass is 32.2. The van der Waals surface area contributed by atoms with Gasteiger partial charge in [0, 0.05) is 12.7 Å². The Labute approximate surface area is 169 Å². The summed E-state index contributed by atoms with van der Waals surface area (Å²) in [5.74, 6) is 0.627. The van der Waals surface area contributed by atoms with E-state index in [0.29, 0.717) is 18.1 Å². The highest BCUT2D eigenvalue weighted by Gasteiger charge is 2.33. The van der Waals surface area contributed by atoms with Gasteiger partial charge in [0.1, 0.15) is 10.6 Å². The molecular weight excluding hydrogens is 384 g/mol. The lowest BCUT2D eigenvalue weighted by Crippen LogP contribution is -2.34. The molecule has 0 atom stereocenters. The van der Waals surface area contributed by atoms with Crippen molar-refractivity contribution in [3.8, 4) is 5.75 Å². The molecule has 5 nitrogen and oxygen atoms in total. The molecule has 2 heterocycles. The van der Waals surface area contributed by atoms with Crippen LogP contribution in [0.25, 0.3) is 10.8 Å². The molecule has 0 aromatic heterocycles. The lowest BCUT2D eigenvalue weighted by atomic mass is 10.0. The highest BCUT2D eigenvalue weighted by molar-refractivity contribution is 7.92. The molecule has 0 amide bonds. The minimum absolute atomic E-state index is 0.0779. The van der Waals surface area contributed by atoms with Crippen LogP contribution < -0.4 is 4.18 Å². The summed E-state index contributed by atoms with van der Waals surface area (Å²) >= 11 is 0. The Morgan fingerprint density at radius 1 is 0.931 bits per heavy atom. The van der Waals surface area contributed by atoms with Crippen molar-refractivity contribution >= 4 is 32.4 Å². The van der Waals surface area contributed by atoms with E-state index in [0.717, 1.165) is 6.42 Å². The Morgan fingerprint density at radius 2 is 1.72 bits per heavy atom. The molecule has 0 radical (unpaired) electrons. The molecule has 0 fully saturated rings. The van der Waals surface area contributed by atoms with Gasteiger partial charge >= 0.3 is 10.1 Å². The quantitative estimate of drug-likeness (QED) is 0.603. The van der Waals surface area contributed by atoms with E-state index in [1.807, 2.05) is 35.4 Å². The van der Waals surface area contributed by atoms with Crippen molar-refractivity contribution in [3.63, 3.8) is 0 Å². The molecule has 2 aliphatic rings. The van der Waals surface area contributed by atoms with Gasteiger partial charge in [-0.15, -0.1) is 0 Å². The molecule has 0 unspecified atom stereocenters. The van der Waals surface area contributed by atoms with Gasteiger partial charge < -0.3 is 9.08 Å². The summed E-state index contributed by atoms with van der Waals surface area (Å²) in [5.41, 5.74) is 1.71. The fourth-order valence-corrected chi connectivity index (χ4v) is 4.76. The Bertz CT molecular complexity index is 1300. The van der Waals surface area contributed by atoms with Crippen molar-refractivity contribution < 1.29 is 12.6 Å². The number of para-hydroxylation sites is 2. The summed E-state index contributed by atoms with van der Waals surface area (Å²) in [4.78, 5) is 6.58. The first-order valence-corrected chi connectivity index (χ1v) is 10.8. The van der Waals surface area contributed by atoms with Crippen LogP contribution in [0.3, 0.4) is 0 Å². The molecule has 0 aliphatic carbocycles. The average molecular weight is 402 g/mol. The minimum Gasteiger partial charge on any atom is -0.377 e. The van der Waals surface area contributed by atoms with E-state index in [4.69, 9.17) is 4.18 Å². The molecule has 5 rings (SSSR count). The van der Waals surface area contributed by atoms with E-state index in [9.17, 15) is 8.42 Å². The van der Waals surface area contributed by atoms with Gasteiger partial charge in [-0.05, 0) is 47.0 Å². The van der Waals surface area contributed by atoms with Crippen molar-refractivity contribution in [1.82, 2.24) is 4.90 Å². The monoisotopic (exact) mass is 402 g/mol. The van der Waals surface area contributed by atoms with E-state index >= 15 is 0 Å². The molecule has 0 saturated carbocycles. The normalized spacial score (nSPS) is 16.9.